The van der Waals surface area contributed by atoms with Crippen LogP contribution >= 0.6 is 15.9 Å². The monoisotopic (exact) mass is 245 g/mol. The van der Waals surface area contributed by atoms with Gasteiger partial charge in [-0.15, -0.1) is 0 Å². The number of fused-ring (bicyclic) bond motifs is 2. The highest BCUT2D eigenvalue weighted by atomic mass is 79.9. The van der Waals surface area contributed by atoms with Gasteiger partial charge in [-0.25, -0.2) is 0 Å². The minimum Gasteiger partial charge on any atom is -0.342 e. The van der Waals surface area contributed by atoms with E-state index in [1.165, 1.54) is 25.7 Å². The molecule has 1 saturated heterocycles. The molecule has 2 rings (SSSR count). The predicted molar refractivity (Wildman–Crippen MR) is 55.8 cm³/mol. The second kappa shape index (κ2) is 3.99. The van der Waals surface area contributed by atoms with Crippen molar-refractivity contribution >= 4 is 21.8 Å². The number of halogens is 1. The maximum absolute atomic E-state index is 11.5. The summed E-state index contributed by atoms with van der Waals surface area (Å²) in [5.41, 5.74) is 0. The number of hydrogen-bond donors (Lipinski definition) is 0. The van der Waals surface area contributed by atoms with Crippen molar-refractivity contribution < 1.29 is 4.79 Å². The normalized spacial score (nSPS) is 33.2. The Labute approximate surface area is 87.8 Å². The van der Waals surface area contributed by atoms with E-state index in [-0.39, 0.29) is 5.91 Å². The lowest BCUT2D eigenvalue weighted by Crippen LogP contribution is -2.35. The van der Waals surface area contributed by atoms with Crippen molar-refractivity contribution in [2.75, 3.05) is 18.4 Å². The van der Waals surface area contributed by atoms with E-state index < -0.39 is 0 Å². The molecule has 0 radical (unpaired) electrons. The molecule has 0 aromatic rings. The molecule has 2 atom stereocenters. The van der Waals surface area contributed by atoms with Gasteiger partial charge in [-0.2, -0.15) is 0 Å². The Morgan fingerprint density at radius 3 is 2.85 bits per heavy atom. The average Bonchev–Trinajstić information content (AvgIpc) is 2.45. The number of carbonyl (C=O) groups excluding carboxylic acids is 1. The van der Waals surface area contributed by atoms with E-state index in [4.69, 9.17) is 0 Å². The first-order chi connectivity index (χ1) is 6.29. The first-order valence-electron chi connectivity index (χ1n) is 5.13. The van der Waals surface area contributed by atoms with Crippen molar-refractivity contribution in [2.24, 2.45) is 11.8 Å². The van der Waals surface area contributed by atoms with Crippen molar-refractivity contribution in [2.45, 2.75) is 25.7 Å². The Kier molecular flexibility index (Phi) is 2.92. The minimum absolute atomic E-state index is 0.271. The van der Waals surface area contributed by atoms with Crippen LogP contribution in [-0.2, 0) is 4.79 Å². The quantitative estimate of drug-likeness (QED) is 0.648. The molecule has 2 nitrogen and oxygen atoms in total. The zero-order chi connectivity index (χ0) is 9.26. The Bertz CT molecular complexity index is 207. The number of rotatable bonds is 1. The molecule has 3 heteroatoms. The van der Waals surface area contributed by atoms with Crippen LogP contribution in [0.1, 0.15) is 25.7 Å². The van der Waals surface area contributed by atoms with Crippen LogP contribution < -0.4 is 0 Å². The molecule has 13 heavy (non-hydrogen) atoms. The van der Waals surface area contributed by atoms with Gasteiger partial charge in [0.1, 0.15) is 0 Å². The van der Waals surface area contributed by atoms with Crippen LogP contribution in [0.3, 0.4) is 0 Å². The third-order valence-electron chi connectivity index (χ3n) is 3.40. The summed E-state index contributed by atoms with van der Waals surface area (Å²) in [6.45, 7) is 2.01. The van der Waals surface area contributed by atoms with E-state index in [9.17, 15) is 4.79 Å². The molecule has 1 aliphatic carbocycles. The van der Waals surface area contributed by atoms with Crippen LogP contribution in [0.4, 0.5) is 0 Å². The van der Waals surface area contributed by atoms with Crippen LogP contribution in [0.2, 0.25) is 0 Å². The molecule has 0 aromatic heterocycles. The van der Waals surface area contributed by atoms with Gasteiger partial charge < -0.3 is 4.90 Å². The summed E-state index contributed by atoms with van der Waals surface area (Å²) < 4.78 is 0. The van der Waals surface area contributed by atoms with Gasteiger partial charge in [0, 0.05) is 13.1 Å². The van der Waals surface area contributed by atoms with Crippen LogP contribution in [0.25, 0.3) is 0 Å². The summed E-state index contributed by atoms with van der Waals surface area (Å²) in [5.74, 6) is 1.99. The largest absolute Gasteiger partial charge is 0.342 e. The summed E-state index contributed by atoms with van der Waals surface area (Å²) in [6.07, 6.45) is 5.35. The smallest absolute Gasteiger partial charge is 0.233 e. The predicted octanol–water partition coefficient (Wildman–Crippen LogP) is 2.03. The fraction of sp³-hybridized carbons (Fsp3) is 0.900. The van der Waals surface area contributed by atoms with Crippen molar-refractivity contribution in [1.82, 2.24) is 4.90 Å². The van der Waals surface area contributed by atoms with Crippen molar-refractivity contribution in [1.29, 1.82) is 0 Å². The maximum Gasteiger partial charge on any atom is 0.233 e. The van der Waals surface area contributed by atoms with Gasteiger partial charge in [-0.05, 0) is 31.1 Å². The van der Waals surface area contributed by atoms with Crippen LogP contribution in [-0.4, -0.2) is 29.2 Å². The highest BCUT2D eigenvalue weighted by Gasteiger charge is 2.31. The van der Waals surface area contributed by atoms with E-state index in [2.05, 4.69) is 15.9 Å². The Morgan fingerprint density at radius 1 is 1.31 bits per heavy atom. The minimum atomic E-state index is 0.271. The molecule has 0 aromatic carbocycles. The second-order valence-corrected chi connectivity index (χ2v) is 4.87. The molecule has 2 unspecified atom stereocenters. The number of amides is 1. The second-order valence-electron chi connectivity index (χ2n) is 4.31. The van der Waals surface area contributed by atoms with Gasteiger partial charge in [0.05, 0.1) is 5.33 Å². The molecule has 2 bridgehead atoms. The molecule has 1 heterocycles. The summed E-state index contributed by atoms with van der Waals surface area (Å²) in [5, 5.41) is 0.490. The van der Waals surface area contributed by atoms with Crippen LogP contribution in [0, 0.1) is 11.8 Å². The van der Waals surface area contributed by atoms with Crippen LogP contribution in [0.5, 0.6) is 0 Å². The molecule has 0 N–H and O–H groups in total. The highest BCUT2D eigenvalue weighted by molar-refractivity contribution is 9.09. The third-order valence-corrected chi connectivity index (χ3v) is 3.88. The molecule has 2 fully saturated rings. The third kappa shape index (κ3) is 2.06. The topological polar surface area (TPSA) is 20.3 Å². The SMILES string of the molecule is O=C(CBr)N1CCC2CCC(C2)C1. The summed E-state index contributed by atoms with van der Waals surface area (Å²) in [7, 11) is 0. The van der Waals surface area contributed by atoms with Gasteiger partial charge in [-0.1, -0.05) is 22.4 Å². The Morgan fingerprint density at radius 2 is 2.08 bits per heavy atom. The van der Waals surface area contributed by atoms with E-state index in [0.29, 0.717) is 5.33 Å². The summed E-state index contributed by atoms with van der Waals surface area (Å²) in [4.78, 5) is 13.5. The molecule has 74 valence electrons. The van der Waals surface area contributed by atoms with Gasteiger partial charge in [-0.3, -0.25) is 4.79 Å². The Hall–Kier alpha value is -0.0500. The lowest BCUT2D eigenvalue weighted by atomic mass is 10.0. The van der Waals surface area contributed by atoms with Crippen molar-refractivity contribution in [3.63, 3.8) is 0 Å². The number of likely N-dealkylation sites (tertiary alicyclic amines) is 1. The number of alkyl halides is 1. The van der Waals surface area contributed by atoms with Crippen LogP contribution in [0.15, 0.2) is 0 Å². The average molecular weight is 246 g/mol. The van der Waals surface area contributed by atoms with Gasteiger partial charge in [0.25, 0.3) is 0 Å². The first kappa shape index (κ1) is 9.50. The van der Waals surface area contributed by atoms with E-state index in [1.807, 2.05) is 4.90 Å². The maximum atomic E-state index is 11.5. The van der Waals surface area contributed by atoms with Gasteiger partial charge in [0.2, 0.25) is 5.91 Å². The first-order valence-corrected chi connectivity index (χ1v) is 6.25. The van der Waals surface area contributed by atoms with Gasteiger partial charge in [0.15, 0.2) is 0 Å². The standard InChI is InChI=1S/C10H16BrNO/c11-6-10(13)12-4-3-8-1-2-9(5-8)7-12/h8-9H,1-7H2. The summed E-state index contributed by atoms with van der Waals surface area (Å²) >= 11 is 3.24. The van der Waals surface area contributed by atoms with E-state index in [0.717, 1.165) is 24.9 Å². The molecule has 1 aliphatic heterocycles. The van der Waals surface area contributed by atoms with Crippen molar-refractivity contribution in [3.05, 3.63) is 0 Å². The molecule has 0 spiro atoms. The van der Waals surface area contributed by atoms with Gasteiger partial charge >= 0.3 is 0 Å². The van der Waals surface area contributed by atoms with E-state index >= 15 is 0 Å². The lowest BCUT2D eigenvalue weighted by molar-refractivity contribution is -0.128. The zero-order valence-electron chi connectivity index (χ0n) is 7.84. The van der Waals surface area contributed by atoms with Crippen molar-refractivity contribution in [3.8, 4) is 0 Å². The molecule has 2 aliphatic rings. The molecule has 1 amide bonds. The zero-order valence-corrected chi connectivity index (χ0v) is 9.42. The van der Waals surface area contributed by atoms with E-state index in [1.54, 1.807) is 0 Å². The fourth-order valence-corrected chi connectivity index (χ4v) is 3.01. The molecule has 1 saturated carbocycles. The number of carbonyl (C=O) groups is 1. The molecular weight excluding hydrogens is 230 g/mol. The summed E-state index contributed by atoms with van der Waals surface area (Å²) in [6, 6.07) is 0. The highest BCUT2D eigenvalue weighted by Crippen LogP contribution is 2.36. The fourth-order valence-electron chi connectivity index (χ4n) is 2.66. The lowest BCUT2D eigenvalue weighted by Gasteiger charge is -2.24. The number of hydrogen-bond acceptors (Lipinski definition) is 1. The molecular formula is C10H16BrNO. The Balaban J connectivity index is 1.97. The number of nitrogens with zero attached hydrogens (tertiary/aromatic N) is 1.